The van der Waals surface area contributed by atoms with Crippen LogP contribution in [0.2, 0.25) is 0 Å². The van der Waals surface area contributed by atoms with Gasteiger partial charge in [0.1, 0.15) is 11.6 Å². The van der Waals surface area contributed by atoms with E-state index in [-0.39, 0.29) is 11.9 Å². The maximum Gasteiger partial charge on any atom is 0.128 e. The highest BCUT2D eigenvalue weighted by molar-refractivity contribution is 5.40. The number of halogens is 1. The van der Waals surface area contributed by atoms with E-state index in [4.69, 9.17) is 5.73 Å². The van der Waals surface area contributed by atoms with Crippen molar-refractivity contribution in [2.45, 2.75) is 32.7 Å². The summed E-state index contributed by atoms with van der Waals surface area (Å²) in [5, 5.41) is 3.41. The second-order valence-electron chi connectivity index (χ2n) is 5.28. The predicted molar refractivity (Wildman–Crippen MR) is 84.5 cm³/mol. The Bertz CT molecular complexity index is 598. The molecule has 1 heterocycles. The standard InChI is InChI=1S/C17H22FN3/c1-3-8-20-16(11-13-5-4-9-21-17(13)19)14-10-12(2)6-7-15(14)18/h4-7,9-10,16,20H,3,8,11H2,1-2H3,(H2,19,21). The molecule has 0 spiro atoms. The van der Waals surface area contributed by atoms with Gasteiger partial charge in [-0.1, -0.05) is 30.7 Å². The number of nitrogens with two attached hydrogens (primary N) is 1. The van der Waals surface area contributed by atoms with E-state index < -0.39 is 0 Å². The molecule has 4 heteroatoms. The molecule has 2 aromatic rings. The fourth-order valence-corrected chi connectivity index (χ4v) is 2.38. The average Bonchev–Trinajstić information content (AvgIpc) is 2.48. The van der Waals surface area contributed by atoms with Crippen molar-refractivity contribution in [3.63, 3.8) is 0 Å². The second-order valence-corrected chi connectivity index (χ2v) is 5.28. The molecule has 21 heavy (non-hydrogen) atoms. The SMILES string of the molecule is CCCNC(Cc1cccnc1N)c1cc(C)ccc1F. The Morgan fingerprint density at radius 3 is 2.86 bits per heavy atom. The third-order valence-corrected chi connectivity index (χ3v) is 3.52. The van der Waals surface area contributed by atoms with E-state index in [1.54, 1.807) is 12.3 Å². The molecule has 0 saturated heterocycles. The fourth-order valence-electron chi connectivity index (χ4n) is 2.38. The van der Waals surface area contributed by atoms with E-state index in [0.29, 0.717) is 17.8 Å². The molecule has 1 atom stereocenters. The Balaban J connectivity index is 2.30. The van der Waals surface area contributed by atoms with Gasteiger partial charge in [0.15, 0.2) is 0 Å². The number of hydrogen-bond acceptors (Lipinski definition) is 3. The summed E-state index contributed by atoms with van der Waals surface area (Å²) in [6.07, 6.45) is 3.28. The van der Waals surface area contributed by atoms with Crippen molar-refractivity contribution in [2.75, 3.05) is 12.3 Å². The number of nitrogen functional groups attached to an aromatic ring is 1. The van der Waals surface area contributed by atoms with Crippen LogP contribution >= 0.6 is 0 Å². The minimum Gasteiger partial charge on any atom is -0.383 e. The zero-order chi connectivity index (χ0) is 15.2. The third kappa shape index (κ3) is 4.02. The molecule has 0 amide bonds. The topological polar surface area (TPSA) is 50.9 Å². The molecule has 3 N–H and O–H groups in total. The lowest BCUT2D eigenvalue weighted by molar-refractivity contribution is 0.497. The number of benzene rings is 1. The van der Waals surface area contributed by atoms with E-state index in [1.165, 1.54) is 6.07 Å². The van der Waals surface area contributed by atoms with Gasteiger partial charge in [-0.05, 0) is 44.0 Å². The van der Waals surface area contributed by atoms with Gasteiger partial charge in [0.05, 0.1) is 0 Å². The molecule has 1 unspecified atom stereocenters. The highest BCUT2D eigenvalue weighted by Crippen LogP contribution is 2.24. The summed E-state index contributed by atoms with van der Waals surface area (Å²) in [5.41, 5.74) is 8.58. The highest BCUT2D eigenvalue weighted by Gasteiger charge is 2.17. The molecule has 0 aliphatic carbocycles. The first kappa shape index (κ1) is 15.4. The fraction of sp³-hybridized carbons (Fsp3) is 0.353. The van der Waals surface area contributed by atoms with Gasteiger partial charge in [0, 0.05) is 17.8 Å². The van der Waals surface area contributed by atoms with Gasteiger partial charge in [-0.15, -0.1) is 0 Å². The molecule has 0 radical (unpaired) electrons. The Hall–Kier alpha value is -1.94. The van der Waals surface area contributed by atoms with Crippen LogP contribution in [-0.4, -0.2) is 11.5 Å². The molecular weight excluding hydrogens is 265 g/mol. The van der Waals surface area contributed by atoms with E-state index in [0.717, 1.165) is 24.1 Å². The number of rotatable bonds is 6. The average molecular weight is 287 g/mol. The van der Waals surface area contributed by atoms with E-state index >= 15 is 0 Å². The quantitative estimate of drug-likeness (QED) is 0.856. The number of pyridine rings is 1. The number of anilines is 1. The van der Waals surface area contributed by atoms with Gasteiger partial charge in [-0.25, -0.2) is 9.37 Å². The number of aromatic nitrogens is 1. The Morgan fingerprint density at radius 2 is 2.14 bits per heavy atom. The number of aryl methyl sites for hydroxylation is 1. The van der Waals surface area contributed by atoms with Gasteiger partial charge >= 0.3 is 0 Å². The highest BCUT2D eigenvalue weighted by atomic mass is 19.1. The summed E-state index contributed by atoms with van der Waals surface area (Å²) in [6, 6.07) is 8.91. The van der Waals surface area contributed by atoms with Crippen LogP contribution in [0.1, 0.15) is 36.1 Å². The molecule has 1 aromatic carbocycles. The van der Waals surface area contributed by atoms with Gasteiger partial charge in [-0.3, -0.25) is 0 Å². The molecule has 0 fully saturated rings. The minimum atomic E-state index is -0.184. The smallest absolute Gasteiger partial charge is 0.128 e. The molecule has 2 rings (SSSR count). The van der Waals surface area contributed by atoms with E-state index in [2.05, 4.69) is 17.2 Å². The molecule has 112 valence electrons. The van der Waals surface area contributed by atoms with Crippen molar-refractivity contribution in [2.24, 2.45) is 0 Å². The number of nitrogens with zero attached hydrogens (tertiary/aromatic N) is 1. The van der Waals surface area contributed by atoms with Gasteiger partial charge < -0.3 is 11.1 Å². The van der Waals surface area contributed by atoms with Crippen molar-refractivity contribution in [3.05, 3.63) is 59.0 Å². The summed E-state index contributed by atoms with van der Waals surface area (Å²) in [6.45, 7) is 4.89. The van der Waals surface area contributed by atoms with Crippen LogP contribution in [0, 0.1) is 12.7 Å². The van der Waals surface area contributed by atoms with Crippen LogP contribution in [0.3, 0.4) is 0 Å². The van der Waals surface area contributed by atoms with Crippen LogP contribution in [0.25, 0.3) is 0 Å². The predicted octanol–water partition coefficient (Wildman–Crippen LogP) is 3.39. The van der Waals surface area contributed by atoms with Crippen LogP contribution in [0.15, 0.2) is 36.5 Å². The van der Waals surface area contributed by atoms with Crippen LogP contribution in [-0.2, 0) is 6.42 Å². The zero-order valence-electron chi connectivity index (χ0n) is 12.6. The lowest BCUT2D eigenvalue weighted by atomic mass is 9.97. The van der Waals surface area contributed by atoms with Crippen LogP contribution < -0.4 is 11.1 Å². The lowest BCUT2D eigenvalue weighted by Gasteiger charge is -2.21. The van der Waals surface area contributed by atoms with Gasteiger partial charge in [-0.2, -0.15) is 0 Å². The minimum absolute atomic E-state index is 0.101. The van der Waals surface area contributed by atoms with Crippen molar-refractivity contribution in [3.8, 4) is 0 Å². The summed E-state index contributed by atoms with van der Waals surface area (Å²) in [5.74, 6) is 0.325. The van der Waals surface area contributed by atoms with Crippen LogP contribution in [0.4, 0.5) is 10.2 Å². The van der Waals surface area contributed by atoms with Crippen molar-refractivity contribution < 1.29 is 4.39 Å². The summed E-state index contributed by atoms with van der Waals surface area (Å²) in [4.78, 5) is 4.10. The molecule has 0 bridgehead atoms. The zero-order valence-corrected chi connectivity index (χ0v) is 12.6. The normalized spacial score (nSPS) is 12.3. The van der Waals surface area contributed by atoms with Gasteiger partial charge in [0.25, 0.3) is 0 Å². The molecule has 3 nitrogen and oxygen atoms in total. The Kier molecular flexibility index (Phi) is 5.28. The molecule has 0 aliphatic heterocycles. The monoisotopic (exact) mass is 287 g/mol. The molecule has 0 aliphatic rings. The van der Waals surface area contributed by atoms with Crippen molar-refractivity contribution >= 4 is 5.82 Å². The first-order valence-corrected chi connectivity index (χ1v) is 7.30. The van der Waals surface area contributed by atoms with Gasteiger partial charge in [0.2, 0.25) is 0 Å². The number of hydrogen-bond donors (Lipinski definition) is 2. The van der Waals surface area contributed by atoms with Crippen LogP contribution in [0.5, 0.6) is 0 Å². The molecule has 0 saturated carbocycles. The van der Waals surface area contributed by atoms with Crippen molar-refractivity contribution in [1.82, 2.24) is 10.3 Å². The first-order valence-electron chi connectivity index (χ1n) is 7.30. The maximum absolute atomic E-state index is 14.2. The summed E-state index contributed by atoms with van der Waals surface area (Å²) >= 11 is 0. The Labute approximate surface area is 125 Å². The van der Waals surface area contributed by atoms with E-state index in [1.807, 2.05) is 25.1 Å². The largest absolute Gasteiger partial charge is 0.383 e. The number of nitrogens with one attached hydrogen (secondary N) is 1. The summed E-state index contributed by atoms with van der Waals surface area (Å²) < 4.78 is 14.2. The maximum atomic E-state index is 14.2. The first-order chi connectivity index (χ1) is 10.1. The second kappa shape index (κ2) is 7.18. The summed E-state index contributed by atoms with van der Waals surface area (Å²) in [7, 11) is 0. The lowest BCUT2D eigenvalue weighted by Crippen LogP contribution is -2.25. The molecule has 1 aromatic heterocycles. The molecular formula is C17H22FN3. The van der Waals surface area contributed by atoms with E-state index in [9.17, 15) is 4.39 Å². The third-order valence-electron chi connectivity index (χ3n) is 3.52. The Morgan fingerprint density at radius 1 is 1.33 bits per heavy atom. The van der Waals surface area contributed by atoms with Crippen molar-refractivity contribution in [1.29, 1.82) is 0 Å².